The van der Waals surface area contributed by atoms with Crippen LogP contribution in [0.5, 0.6) is 0 Å². The zero-order valence-electron chi connectivity index (χ0n) is 15.7. The summed E-state index contributed by atoms with van der Waals surface area (Å²) >= 11 is 0. The highest BCUT2D eigenvalue weighted by Crippen LogP contribution is 2.15. The van der Waals surface area contributed by atoms with Gasteiger partial charge < -0.3 is 4.74 Å². The molecule has 0 fully saturated rings. The van der Waals surface area contributed by atoms with E-state index in [-0.39, 0.29) is 10.8 Å². The van der Waals surface area contributed by atoms with Gasteiger partial charge in [0.2, 0.25) is 0 Å². The minimum atomic E-state index is -3.42. The number of rotatable bonds is 5. The maximum Gasteiger partial charge on any atom is 0.433 e. The first-order valence-electron chi connectivity index (χ1n) is 8.16. The zero-order valence-corrected chi connectivity index (χ0v) is 16.5. The number of aliphatic imine (C=N–C) groups is 1. The number of nitrogens with two attached hydrogens (primary N) is 1. The molecule has 9 heteroatoms. The standard InChI is InChI=1S/C17H26N4O4S/c1-12(2)9-13(10-20-16(23)25-17(3,4)5)15(22)21-26(18,24)14-7-6-8-19-11-14/h6-8,10-13H,9H2,1-5H3,(H2,18,21,22,24). The Bertz CT molecular complexity index is 776. The van der Waals surface area contributed by atoms with Gasteiger partial charge in [-0.25, -0.2) is 14.1 Å². The Morgan fingerprint density at radius 1 is 1.38 bits per heavy atom. The molecule has 8 nitrogen and oxygen atoms in total. The maximum atomic E-state index is 12.5. The lowest BCUT2D eigenvalue weighted by Crippen LogP contribution is -2.24. The second-order valence-corrected chi connectivity index (χ2v) is 8.97. The first-order chi connectivity index (χ1) is 11.9. The number of nitrogens with zero attached hydrogens (tertiary/aromatic N) is 3. The third-order valence-electron chi connectivity index (χ3n) is 2.99. The van der Waals surface area contributed by atoms with Gasteiger partial charge in [-0.3, -0.25) is 9.78 Å². The van der Waals surface area contributed by atoms with Crippen molar-refractivity contribution in [2.45, 2.75) is 51.5 Å². The molecular formula is C17H26N4O4S. The SMILES string of the molecule is CC(C)CC(C=NC(=O)OC(C)(C)C)C(=O)N=S(N)(=O)c1cccnc1. The lowest BCUT2D eigenvalue weighted by Gasteiger charge is -2.17. The van der Waals surface area contributed by atoms with E-state index < -0.39 is 33.4 Å². The van der Waals surface area contributed by atoms with Crippen LogP contribution in [0.2, 0.25) is 0 Å². The second-order valence-electron chi connectivity index (χ2n) is 7.18. The molecule has 2 amide bonds. The van der Waals surface area contributed by atoms with Gasteiger partial charge in [0.15, 0.2) is 0 Å². The summed E-state index contributed by atoms with van der Waals surface area (Å²) in [5, 5.41) is 5.71. The molecule has 1 heterocycles. The summed E-state index contributed by atoms with van der Waals surface area (Å²) in [5.74, 6) is -1.41. The molecule has 1 aromatic rings. The first kappa shape index (κ1) is 21.9. The Morgan fingerprint density at radius 3 is 2.54 bits per heavy atom. The number of carbonyl (C=O) groups is 2. The third-order valence-corrected chi connectivity index (χ3v) is 4.36. The summed E-state index contributed by atoms with van der Waals surface area (Å²) in [7, 11) is -3.42. The van der Waals surface area contributed by atoms with Crippen LogP contribution in [0.25, 0.3) is 0 Å². The normalized spacial score (nSPS) is 15.5. The average Bonchev–Trinajstić information content (AvgIpc) is 2.49. The monoisotopic (exact) mass is 382 g/mol. The van der Waals surface area contributed by atoms with Crippen LogP contribution in [0.4, 0.5) is 4.79 Å². The minimum Gasteiger partial charge on any atom is -0.442 e. The molecule has 1 aromatic heterocycles. The Labute approximate surface area is 154 Å². The van der Waals surface area contributed by atoms with Crippen LogP contribution in [0.1, 0.15) is 41.0 Å². The molecule has 2 atom stereocenters. The predicted molar refractivity (Wildman–Crippen MR) is 99.9 cm³/mol. The van der Waals surface area contributed by atoms with Crippen molar-refractivity contribution in [1.29, 1.82) is 0 Å². The Hall–Kier alpha value is -2.13. The van der Waals surface area contributed by atoms with Crippen LogP contribution < -0.4 is 5.14 Å². The van der Waals surface area contributed by atoms with Gasteiger partial charge in [-0.15, -0.1) is 4.36 Å². The topological polar surface area (TPSA) is 124 Å². The fourth-order valence-corrected chi connectivity index (χ4v) is 2.94. The largest absolute Gasteiger partial charge is 0.442 e. The van der Waals surface area contributed by atoms with Crippen molar-refractivity contribution in [3.05, 3.63) is 24.5 Å². The van der Waals surface area contributed by atoms with E-state index >= 15 is 0 Å². The maximum absolute atomic E-state index is 12.5. The number of hydrogen-bond acceptors (Lipinski definition) is 5. The lowest BCUT2D eigenvalue weighted by atomic mass is 9.98. The molecule has 0 bridgehead atoms. The predicted octanol–water partition coefficient (Wildman–Crippen LogP) is 2.98. The van der Waals surface area contributed by atoms with Crippen LogP contribution in [-0.4, -0.2) is 33.0 Å². The van der Waals surface area contributed by atoms with Crippen LogP contribution in [-0.2, 0) is 19.4 Å². The molecule has 1 rings (SSSR count). The highest BCUT2D eigenvalue weighted by molar-refractivity contribution is 7.91. The van der Waals surface area contributed by atoms with Crippen LogP contribution in [0.15, 0.2) is 38.8 Å². The van der Waals surface area contributed by atoms with Gasteiger partial charge in [0.1, 0.15) is 15.5 Å². The van der Waals surface area contributed by atoms with Crippen LogP contribution >= 0.6 is 0 Å². The number of amides is 2. The van der Waals surface area contributed by atoms with Gasteiger partial charge >= 0.3 is 6.09 Å². The molecule has 144 valence electrons. The van der Waals surface area contributed by atoms with Gasteiger partial charge in [-0.2, -0.15) is 4.99 Å². The van der Waals surface area contributed by atoms with E-state index in [0.717, 1.165) is 0 Å². The molecule has 0 saturated carbocycles. The van der Waals surface area contributed by atoms with Gasteiger partial charge in [0.05, 0.1) is 10.8 Å². The first-order valence-corrected chi connectivity index (χ1v) is 9.74. The molecule has 0 aliphatic heterocycles. The molecule has 0 aromatic carbocycles. The molecule has 26 heavy (non-hydrogen) atoms. The van der Waals surface area contributed by atoms with Crippen molar-refractivity contribution in [3.63, 3.8) is 0 Å². The van der Waals surface area contributed by atoms with Crippen molar-refractivity contribution < 1.29 is 18.5 Å². The number of carbonyl (C=O) groups excluding carboxylic acids is 2. The molecule has 2 unspecified atom stereocenters. The Balaban J connectivity index is 3.05. The van der Waals surface area contributed by atoms with E-state index in [1.54, 1.807) is 26.8 Å². The summed E-state index contributed by atoms with van der Waals surface area (Å²) < 4.78 is 21.3. The van der Waals surface area contributed by atoms with Crippen molar-refractivity contribution >= 4 is 28.1 Å². The van der Waals surface area contributed by atoms with Crippen LogP contribution in [0.3, 0.4) is 0 Å². The number of hydrogen-bond donors (Lipinski definition) is 1. The van der Waals surface area contributed by atoms with Crippen molar-refractivity contribution in [2.75, 3.05) is 0 Å². The number of aromatic nitrogens is 1. The molecule has 0 aliphatic carbocycles. The molecule has 0 spiro atoms. The van der Waals surface area contributed by atoms with Gasteiger partial charge in [0, 0.05) is 18.6 Å². The van der Waals surface area contributed by atoms with Crippen molar-refractivity contribution in [1.82, 2.24) is 4.98 Å². The fourth-order valence-electron chi connectivity index (χ4n) is 1.95. The second kappa shape index (κ2) is 9.00. The van der Waals surface area contributed by atoms with E-state index in [2.05, 4.69) is 14.3 Å². The highest BCUT2D eigenvalue weighted by atomic mass is 32.2. The Morgan fingerprint density at radius 2 is 2.04 bits per heavy atom. The van der Waals surface area contributed by atoms with Gasteiger partial charge in [0.25, 0.3) is 5.91 Å². The molecule has 0 aliphatic rings. The van der Waals surface area contributed by atoms with Crippen molar-refractivity contribution in [3.8, 4) is 0 Å². The smallest absolute Gasteiger partial charge is 0.433 e. The summed E-state index contributed by atoms with van der Waals surface area (Å²) in [6.07, 6.45) is 3.54. The van der Waals surface area contributed by atoms with Gasteiger partial charge in [-0.1, -0.05) is 13.8 Å². The van der Waals surface area contributed by atoms with E-state index in [1.807, 2.05) is 13.8 Å². The Kier molecular flexibility index (Phi) is 7.58. The zero-order chi connectivity index (χ0) is 20.0. The quantitative estimate of drug-likeness (QED) is 0.784. The van der Waals surface area contributed by atoms with Gasteiger partial charge in [-0.05, 0) is 45.2 Å². The molecule has 0 radical (unpaired) electrons. The fraction of sp³-hybridized carbons (Fsp3) is 0.529. The number of pyridine rings is 1. The van der Waals surface area contributed by atoms with Crippen molar-refractivity contribution in [2.24, 2.45) is 26.3 Å². The van der Waals surface area contributed by atoms with Crippen LogP contribution in [0, 0.1) is 11.8 Å². The minimum absolute atomic E-state index is 0.122. The van der Waals surface area contributed by atoms with E-state index in [4.69, 9.17) is 9.88 Å². The lowest BCUT2D eigenvalue weighted by molar-refractivity contribution is -0.119. The molecular weight excluding hydrogens is 356 g/mol. The van der Waals surface area contributed by atoms with E-state index in [1.165, 1.54) is 24.7 Å². The summed E-state index contributed by atoms with van der Waals surface area (Å²) in [6, 6.07) is 3.04. The summed E-state index contributed by atoms with van der Waals surface area (Å²) in [5.41, 5.74) is -0.692. The van der Waals surface area contributed by atoms with E-state index in [9.17, 15) is 13.8 Å². The molecule has 2 N–H and O–H groups in total. The summed E-state index contributed by atoms with van der Waals surface area (Å²) in [4.78, 5) is 31.9. The van der Waals surface area contributed by atoms with E-state index in [0.29, 0.717) is 6.42 Å². The highest BCUT2D eigenvalue weighted by Gasteiger charge is 2.22. The summed E-state index contributed by atoms with van der Waals surface area (Å²) in [6.45, 7) is 8.95. The molecule has 0 saturated heterocycles. The number of ether oxygens (including phenoxy) is 1. The average molecular weight is 382 g/mol. The third kappa shape index (κ3) is 7.83.